The van der Waals surface area contributed by atoms with Gasteiger partial charge in [-0.15, -0.1) is 0 Å². The normalized spacial score (nSPS) is 23.5. The summed E-state index contributed by atoms with van der Waals surface area (Å²) in [7, 11) is 3.28. The molecule has 0 saturated carbocycles. The van der Waals surface area contributed by atoms with E-state index in [0.29, 0.717) is 31.9 Å². The Balaban J connectivity index is 1.83. The molecule has 0 spiro atoms. The lowest BCUT2D eigenvalue weighted by atomic mass is 10.0. The Morgan fingerprint density at radius 3 is 2.65 bits per heavy atom. The molecule has 3 rings (SSSR count). The number of hydrogen-bond donors (Lipinski definition) is 0. The Labute approximate surface area is 152 Å². The van der Waals surface area contributed by atoms with Crippen LogP contribution in [-0.2, 0) is 21.4 Å². The highest BCUT2D eigenvalue weighted by molar-refractivity contribution is 5.99. The molecule has 0 radical (unpaired) electrons. The van der Waals surface area contributed by atoms with Crippen molar-refractivity contribution in [3.05, 3.63) is 17.5 Å². The number of hydrogen-bond acceptors (Lipinski definition) is 5. The van der Waals surface area contributed by atoms with Gasteiger partial charge in [0, 0.05) is 33.8 Å². The molecule has 9 heteroatoms. The van der Waals surface area contributed by atoms with Crippen molar-refractivity contribution in [2.75, 3.05) is 39.9 Å². The molecule has 2 atom stereocenters. The molecule has 142 valence electrons. The number of amides is 3. The maximum absolute atomic E-state index is 13.0. The van der Waals surface area contributed by atoms with Crippen LogP contribution < -0.4 is 0 Å². The van der Waals surface area contributed by atoms with Crippen molar-refractivity contribution < 1.29 is 19.1 Å². The Morgan fingerprint density at radius 2 is 2.04 bits per heavy atom. The summed E-state index contributed by atoms with van der Waals surface area (Å²) in [5, 5.41) is 4.20. The van der Waals surface area contributed by atoms with Crippen molar-refractivity contribution in [2.24, 2.45) is 7.05 Å². The highest BCUT2D eigenvalue weighted by Gasteiger charge is 2.47. The van der Waals surface area contributed by atoms with E-state index in [1.807, 2.05) is 6.92 Å². The first kappa shape index (κ1) is 18.4. The standard InChI is InChI=1S/C17H25N5O4/c1-11-9-13(19(3)18-11)17(25)22-10-14-16(24)20(7-8-26-4)5-6-21(14)15(23)12(22)2/h9,12,14H,5-8,10H2,1-4H3/t12-,14-/m0/s1. The van der Waals surface area contributed by atoms with Gasteiger partial charge in [-0.3, -0.25) is 19.1 Å². The highest BCUT2D eigenvalue weighted by atomic mass is 16.5. The van der Waals surface area contributed by atoms with Gasteiger partial charge in [-0.1, -0.05) is 0 Å². The first-order valence-corrected chi connectivity index (χ1v) is 8.75. The Hall–Kier alpha value is -2.42. The number of rotatable bonds is 4. The number of carbonyl (C=O) groups excluding carboxylic acids is 3. The van der Waals surface area contributed by atoms with Crippen molar-refractivity contribution in [3.63, 3.8) is 0 Å². The molecule has 2 aliphatic rings. The zero-order chi connectivity index (χ0) is 19.0. The molecule has 3 amide bonds. The Morgan fingerprint density at radius 1 is 1.31 bits per heavy atom. The van der Waals surface area contributed by atoms with Gasteiger partial charge in [0.2, 0.25) is 11.8 Å². The summed E-state index contributed by atoms with van der Waals surface area (Å²) in [5.74, 6) is -0.601. The molecule has 0 unspecified atom stereocenters. The third-order valence-electron chi connectivity index (χ3n) is 5.11. The summed E-state index contributed by atoms with van der Waals surface area (Å²) in [6, 6.07) is 0.453. The van der Waals surface area contributed by atoms with E-state index in [9.17, 15) is 14.4 Å². The predicted octanol–water partition coefficient (Wildman–Crippen LogP) is -0.741. The smallest absolute Gasteiger partial charge is 0.272 e. The Bertz CT molecular complexity index is 731. The SMILES string of the molecule is COCCN1CCN2C(=O)[C@H](C)N(C(=O)c3cc(C)nn3C)C[C@H]2C1=O. The number of piperazine rings is 2. The molecule has 1 aromatic heterocycles. The van der Waals surface area contributed by atoms with E-state index in [2.05, 4.69) is 5.10 Å². The number of nitrogens with zero attached hydrogens (tertiary/aromatic N) is 5. The Kier molecular flexibility index (Phi) is 4.99. The average Bonchev–Trinajstić information content (AvgIpc) is 2.95. The van der Waals surface area contributed by atoms with Crippen LogP contribution in [0.5, 0.6) is 0 Å². The number of aromatic nitrogens is 2. The summed E-state index contributed by atoms with van der Waals surface area (Å²) >= 11 is 0. The molecule has 0 aliphatic carbocycles. The minimum absolute atomic E-state index is 0.132. The molecule has 2 saturated heterocycles. The van der Waals surface area contributed by atoms with Crippen molar-refractivity contribution >= 4 is 17.7 Å². The monoisotopic (exact) mass is 363 g/mol. The van der Waals surface area contributed by atoms with Gasteiger partial charge in [-0.25, -0.2) is 0 Å². The number of methoxy groups -OCH3 is 1. The number of carbonyl (C=O) groups is 3. The number of aryl methyl sites for hydroxylation is 2. The predicted molar refractivity (Wildman–Crippen MR) is 92.4 cm³/mol. The molecule has 9 nitrogen and oxygen atoms in total. The molecule has 2 aliphatic heterocycles. The van der Waals surface area contributed by atoms with Crippen LogP contribution in [0.15, 0.2) is 6.07 Å². The molecular formula is C17H25N5O4. The second-order valence-electron chi connectivity index (χ2n) is 6.79. The van der Waals surface area contributed by atoms with Crippen molar-refractivity contribution in [1.82, 2.24) is 24.5 Å². The van der Waals surface area contributed by atoms with Gasteiger partial charge in [-0.05, 0) is 19.9 Å². The highest BCUT2D eigenvalue weighted by Crippen LogP contribution is 2.23. The topological polar surface area (TPSA) is 88.0 Å². The molecule has 0 N–H and O–H groups in total. The van der Waals surface area contributed by atoms with E-state index in [1.165, 1.54) is 9.58 Å². The summed E-state index contributed by atoms with van der Waals surface area (Å²) in [6.07, 6.45) is 0. The van der Waals surface area contributed by atoms with Crippen molar-refractivity contribution in [3.8, 4) is 0 Å². The van der Waals surface area contributed by atoms with Crippen LogP contribution in [0.1, 0.15) is 23.1 Å². The molecule has 2 fully saturated rings. The molecule has 26 heavy (non-hydrogen) atoms. The van der Waals surface area contributed by atoms with Crippen LogP contribution in [0.25, 0.3) is 0 Å². The van der Waals surface area contributed by atoms with E-state index in [-0.39, 0.29) is 24.3 Å². The van der Waals surface area contributed by atoms with Gasteiger partial charge in [0.15, 0.2) is 0 Å². The van der Waals surface area contributed by atoms with E-state index in [0.717, 1.165) is 5.69 Å². The largest absolute Gasteiger partial charge is 0.383 e. The van der Waals surface area contributed by atoms with Gasteiger partial charge in [0.25, 0.3) is 5.91 Å². The second kappa shape index (κ2) is 7.06. The third kappa shape index (κ3) is 3.07. The van der Waals surface area contributed by atoms with Gasteiger partial charge in [-0.2, -0.15) is 5.10 Å². The van der Waals surface area contributed by atoms with Crippen LogP contribution in [0, 0.1) is 6.92 Å². The van der Waals surface area contributed by atoms with Gasteiger partial charge in [0.05, 0.1) is 18.8 Å². The molecule has 0 bridgehead atoms. The van der Waals surface area contributed by atoms with E-state index in [4.69, 9.17) is 4.74 Å². The second-order valence-corrected chi connectivity index (χ2v) is 6.79. The first-order valence-electron chi connectivity index (χ1n) is 8.75. The van der Waals surface area contributed by atoms with Crippen molar-refractivity contribution in [1.29, 1.82) is 0 Å². The van der Waals surface area contributed by atoms with E-state index < -0.39 is 12.1 Å². The van der Waals surface area contributed by atoms with Crippen molar-refractivity contribution in [2.45, 2.75) is 25.9 Å². The summed E-state index contributed by atoms with van der Waals surface area (Å²) < 4.78 is 6.56. The summed E-state index contributed by atoms with van der Waals surface area (Å²) in [5.41, 5.74) is 1.14. The maximum atomic E-state index is 13.0. The molecule has 0 aromatic carbocycles. The lowest BCUT2D eigenvalue weighted by Crippen LogP contribution is -2.70. The van der Waals surface area contributed by atoms with Gasteiger partial charge >= 0.3 is 0 Å². The van der Waals surface area contributed by atoms with E-state index in [1.54, 1.807) is 36.9 Å². The van der Waals surface area contributed by atoms with Crippen LogP contribution in [0.2, 0.25) is 0 Å². The zero-order valence-corrected chi connectivity index (χ0v) is 15.6. The van der Waals surface area contributed by atoms with Crippen LogP contribution >= 0.6 is 0 Å². The third-order valence-corrected chi connectivity index (χ3v) is 5.11. The molecule has 3 heterocycles. The fourth-order valence-corrected chi connectivity index (χ4v) is 3.64. The maximum Gasteiger partial charge on any atom is 0.272 e. The minimum atomic E-state index is -0.636. The van der Waals surface area contributed by atoms with E-state index >= 15 is 0 Å². The average molecular weight is 363 g/mol. The van der Waals surface area contributed by atoms with Crippen LogP contribution in [-0.4, -0.2) is 94.2 Å². The quantitative estimate of drug-likeness (QED) is 0.703. The number of ether oxygens (including phenoxy) is 1. The number of fused-ring (bicyclic) bond motifs is 1. The summed E-state index contributed by atoms with van der Waals surface area (Å²) in [4.78, 5) is 43.4. The minimum Gasteiger partial charge on any atom is -0.383 e. The lowest BCUT2D eigenvalue weighted by Gasteiger charge is -2.48. The lowest BCUT2D eigenvalue weighted by molar-refractivity contribution is -0.160. The molecule has 1 aromatic rings. The van der Waals surface area contributed by atoms with Crippen LogP contribution in [0.4, 0.5) is 0 Å². The fraction of sp³-hybridized carbons (Fsp3) is 0.647. The van der Waals surface area contributed by atoms with Gasteiger partial charge < -0.3 is 19.4 Å². The first-order chi connectivity index (χ1) is 12.3. The van der Waals surface area contributed by atoms with Crippen LogP contribution in [0.3, 0.4) is 0 Å². The summed E-state index contributed by atoms with van der Waals surface area (Å²) in [6.45, 7) is 5.61. The molecular weight excluding hydrogens is 338 g/mol. The fourth-order valence-electron chi connectivity index (χ4n) is 3.64. The van der Waals surface area contributed by atoms with Gasteiger partial charge in [0.1, 0.15) is 17.8 Å². The zero-order valence-electron chi connectivity index (χ0n) is 15.6.